The van der Waals surface area contributed by atoms with Crippen LogP contribution in [0.2, 0.25) is 0 Å². The lowest BCUT2D eigenvalue weighted by molar-refractivity contribution is 0.0688. The molecule has 0 atom stereocenters. The van der Waals surface area contributed by atoms with Crippen LogP contribution in [0.5, 0.6) is 0 Å². The van der Waals surface area contributed by atoms with E-state index < -0.39 is 5.97 Å². The molecule has 5 heteroatoms. The van der Waals surface area contributed by atoms with Crippen LogP contribution in [0, 0.1) is 0 Å². The van der Waals surface area contributed by atoms with E-state index in [1.807, 2.05) is 6.92 Å². The highest BCUT2D eigenvalue weighted by atomic mass is 79.9. The summed E-state index contributed by atoms with van der Waals surface area (Å²) in [6.07, 6.45) is 0.761. The van der Waals surface area contributed by atoms with Crippen molar-refractivity contribution in [1.29, 1.82) is 0 Å². The lowest BCUT2D eigenvalue weighted by Gasteiger charge is -1.95. The van der Waals surface area contributed by atoms with Gasteiger partial charge in [0, 0.05) is 7.05 Å². The van der Waals surface area contributed by atoms with E-state index >= 15 is 0 Å². The zero-order chi connectivity index (χ0) is 9.30. The van der Waals surface area contributed by atoms with Crippen LogP contribution < -0.4 is 0 Å². The molecular weight excluding hydrogens is 224 g/mol. The number of aryl methyl sites for hydroxylation is 1. The minimum atomic E-state index is -1.00. The topological polar surface area (TPSA) is 55.1 Å². The number of halogens is 1. The molecule has 1 N–H and O–H groups in total. The van der Waals surface area contributed by atoms with Gasteiger partial charge in [0.25, 0.3) is 0 Å². The van der Waals surface area contributed by atoms with E-state index in [0.29, 0.717) is 4.47 Å². The molecule has 0 amide bonds. The van der Waals surface area contributed by atoms with E-state index in [4.69, 9.17) is 5.11 Å². The van der Waals surface area contributed by atoms with Gasteiger partial charge in [-0.25, -0.2) is 4.79 Å². The smallest absolute Gasteiger partial charge is 0.357 e. The van der Waals surface area contributed by atoms with Gasteiger partial charge in [0.1, 0.15) is 0 Å². The molecule has 0 aromatic carbocycles. The van der Waals surface area contributed by atoms with E-state index in [1.165, 1.54) is 0 Å². The van der Waals surface area contributed by atoms with Gasteiger partial charge in [-0.3, -0.25) is 4.68 Å². The van der Waals surface area contributed by atoms with Gasteiger partial charge in [0.2, 0.25) is 0 Å². The van der Waals surface area contributed by atoms with Crippen LogP contribution in [0.3, 0.4) is 0 Å². The zero-order valence-corrected chi connectivity index (χ0v) is 8.42. The summed E-state index contributed by atoms with van der Waals surface area (Å²) in [5.74, 6) is -1.00. The van der Waals surface area contributed by atoms with Gasteiger partial charge in [0.15, 0.2) is 5.69 Å². The molecule has 1 heterocycles. The van der Waals surface area contributed by atoms with Crippen LogP contribution in [-0.4, -0.2) is 20.9 Å². The van der Waals surface area contributed by atoms with Crippen molar-refractivity contribution < 1.29 is 9.90 Å². The average Bonchev–Trinajstić information content (AvgIpc) is 2.27. The molecule has 66 valence electrons. The quantitative estimate of drug-likeness (QED) is 0.840. The number of hydrogen-bond donors (Lipinski definition) is 1. The minimum Gasteiger partial charge on any atom is -0.476 e. The number of carbonyl (C=O) groups is 1. The van der Waals surface area contributed by atoms with Gasteiger partial charge < -0.3 is 5.11 Å². The van der Waals surface area contributed by atoms with Crippen molar-refractivity contribution in [2.24, 2.45) is 7.05 Å². The Morgan fingerprint density at radius 1 is 1.75 bits per heavy atom. The third-order valence-corrected chi connectivity index (χ3v) is 2.47. The van der Waals surface area contributed by atoms with Crippen molar-refractivity contribution >= 4 is 21.9 Å². The van der Waals surface area contributed by atoms with Gasteiger partial charge in [0.05, 0.1) is 10.2 Å². The molecule has 0 bridgehead atoms. The zero-order valence-electron chi connectivity index (χ0n) is 6.83. The Morgan fingerprint density at radius 3 is 2.58 bits per heavy atom. The molecular formula is C7H9BrN2O2. The maximum absolute atomic E-state index is 10.6. The summed E-state index contributed by atoms with van der Waals surface area (Å²) >= 11 is 3.20. The standard InChI is InChI=1S/C7H9BrN2O2/c1-3-4-5(8)6(7(11)12)9-10(4)2/h3H2,1-2H3,(H,11,12). The van der Waals surface area contributed by atoms with Crippen LogP contribution in [0.15, 0.2) is 4.47 Å². The van der Waals surface area contributed by atoms with Gasteiger partial charge in [-0.05, 0) is 22.4 Å². The Labute approximate surface area is 78.3 Å². The number of aromatic carboxylic acids is 1. The summed E-state index contributed by atoms with van der Waals surface area (Å²) < 4.78 is 2.16. The Bertz CT molecular complexity index is 319. The normalized spacial score (nSPS) is 10.2. The van der Waals surface area contributed by atoms with Crippen molar-refractivity contribution in [3.63, 3.8) is 0 Å². The van der Waals surface area contributed by atoms with Crippen molar-refractivity contribution in [3.05, 3.63) is 15.9 Å². The van der Waals surface area contributed by atoms with Crippen LogP contribution in [0.25, 0.3) is 0 Å². The average molecular weight is 233 g/mol. The molecule has 1 rings (SSSR count). The van der Waals surface area contributed by atoms with E-state index in [0.717, 1.165) is 12.1 Å². The Balaban J connectivity index is 3.26. The summed E-state index contributed by atoms with van der Waals surface area (Å²) in [6.45, 7) is 1.95. The first kappa shape index (κ1) is 9.25. The van der Waals surface area contributed by atoms with Gasteiger partial charge in [-0.2, -0.15) is 5.10 Å². The number of carboxylic acids is 1. The van der Waals surface area contributed by atoms with Gasteiger partial charge in [-0.15, -0.1) is 0 Å². The lowest BCUT2D eigenvalue weighted by Crippen LogP contribution is -1.99. The molecule has 12 heavy (non-hydrogen) atoms. The molecule has 0 aliphatic heterocycles. The molecule has 0 saturated heterocycles. The van der Waals surface area contributed by atoms with E-state index in [2.05, 4.69) is 21.0 Å². The van der Waals surface area contributed by atoms with Crippen LogP contribution in [0.1, 0.15) is 23.1 Å². The van der Waals surface area contributed by atoms with E-state index in [-0.39, 0.29) is 5.69 Å². The van der Waals surface area contributed by atoms with Crippen molar-refractivity contribution in [2.75, 3.05) is 0 Å². The minimum absolute atomic E-state index is 0.0781. The molecule has 0 aliphatic rings. The SMILES string of the molecule is CCc1c(Br)c(C(=O)O)nn1C. The summed E-state index contributed by atoms with van der Waals surface area (Å²) in [4.78, 5) is 10.6. The Morgan fingerprint density at radius 2 is 2.33 bits per heavy atom. The molecule has 0 spiro atoms. The summed E-state index contributed by atoms with van der Waals surface area (Å²) in [5.41, 5.74) is 0.974. The van der Waals surface area contributed by atoms with Crippen LogP contribution in [-0.2, 0) is 13.5 Å². The molecule has 0 radical (unpaired) electrons. The second-order valence-corrected chi connectivity index (χ2v) is 3.18. The lowest BCUT2D eigenvalue weighted by atomic mass is 10.3. The molecule has 0 aliphatic carbocycles. The third-order valence-electron chi connectivity index (χ3n) is 1.64. The molecule has 0 fully saturated rings. The Kier molecular flexibility index (Phi) is 2.52. The maximum Gasteiger partial charge on any atom is 0.357 e. The van der Waals surface area contributed by atoms with E-state index in [9.17, 15) is 4.79 Å². The van der Waals surface area contributed by atoms with Crippen LogP contribution in [0.4, 0.5) is 0 Å². The first-order valence-corrected chi connectivity index (χ1v) is 4.31. The predicted octanol–water partition coefficient (Wildman–Crippen LogP) is 1.44. The largest absolute Gasteiger partial charge is 0.476 e. The molecule has 0 saturated carbocycles. The first-order valence-electron chi connectivity index (χ1n) is 3.52. The fourth-order valence-corrected chi connectivity index (χ4v) is 1.84. The van der Waals surface area contributed by atoms with E-state index in [1.54, 1.807) is 11.7 Å². The highest BCUT2D eigenvalue weighted by Crippen LogP contribution is 2.21. The maximum atomic E-state index is 10.6. The molecule has 1 aromatic heterocycles. The van der Waals surface area contributed by atoms with Crippen molar-refractivity contribution in [1.82, 2.24) is 9.78 Å². The van der Waals surface area contributed by atoms with Crippen LogP contribution >= 0.6 is 15.9 Å². The summed E-state index contributed by atoms with van der Waals surface area (Å²) in [7, 11) is 1.73. The number of hydrogen-bond acceptors (Lipinski definition) is 2. The number of nitrogens with zero attached hydrogens (tertiary/aromatic N) is 2. The van der Waals surface area contributed by atoms with Crippen molar-refractivity contribution in [3.8, 4) is 0 Å². The van der Waals surface area contributed by atoms with Gasteiger partial charge >= 0.3 is 5.97 Å². The second-order valence-electron chi connectivity index (χ2n) is 2.39. The summed E-state index contributed by atoms with van der Waals surface area (Å²) in [5, 5.41) is 12.5. The molecule has 0 unspecified atom stereocenters. The van der Waals surface area contributed by atoms with Crippen molar-refractivity contribution in [2.45, 2.75) is 13.3 Å². The third kappa shape index (κ3) is 1.36. The predicted molar refractivity (Wildman–Crippen MR) is 47.2 cm³/mol. The number of carboxylic acid groups (broad SMARTS) is 1. The number of aromatic nitrogens is 2. The fourth-order valence-electron chi connectivity index (χ4n) is 1.05. The molecule has 4 nitrogen and oxygen atoms in total. The molecule has 1 aromatic rings. The fraction of sp³-hybridized carbons (Fsp3) is 0.429. The first-order chi connectivity index (χ1) is 5.57. The summed E-state index contributed by atoms with van der Waals surface area (Å²) in [6, 6.07) is 0. The second kappa shape index (κ2) is 3.26. The highest BCUT2D eigenvalue weighted by molar-refractivity contribution is 9.10. The van der Waals surface area contributed by atoms with Gasteiger partial charge in [-0.1, -0.05) is 6.92 Å². The monoisotopic (exact) mass is 232 g/mol. The highest BCUT2D eigenvalue weighted by Gasteiger charge is 2.17. The number of rotatable bonds is 2. The Hall–Kier alpha value is -0.840.